The number of carbonyl (C=O) groups is 3. The smallest absolute Gasteiger partial charge is 0.239 e. The predicted octanol–water partition coefficient (Wildman–Crippen LogP) is 3.60. The number of aromatic nitrogens is 1. The summed E-state index contributed by atoms with van der Waals surface area (Å²) in [4.78, 5) is 42.9. The third kappa shape index (κ3) is 6.81. The molecule has 160 valence electrons. The van der Waals surface area contributed by atoms with Crippen LogP contribution in [0.5, 0.6) is 0 Å². The van der Waals surface area contributed by atoms with Gasteiger partial charge in [-0.25, -0.2) is 4.98 Å². The van der Waals surface area contributed by atoms with Gasteiger partial charge in [-0.3, -0.25) is 14.4 Å². The molecule has 7 nitrogen and oxygen atoms in total. The highest BCUT2D eigenvalue weighted by Gasteiger charge is 2.22. The van der Waals surface area contributed by atoms with E-state index in [1.165, 1.54) is 16.2 Å². The maximum atomic E-state index is 12.8. The van der Waals surface area contributed by atoms with Crippen molar-refractivity contribution in [2.45, 2.75) is 51.1 Å². The van der Waals surface area contributed by atoms with Crippen LogP contribution in [0.4, 0.5) is 5.13 Å². The van der Waals surface area contributed by atoms with Crippen LogP contribution in [-0.4, -0.2) is 40.2 Å². The first kappa shape index (κ1) is 22.2. The first-order valence-corrected chi connectivity index (χ1v) is 11.3. The van der Waals surface area contributed by atoms with E-state index in [1.54, 1.807) is 17.6 Å². The van der Waals surface area contributed by atoms with Crippen LogP contribution in [0.3, 0.4) is 0 Å². The predicted molar refractivity (Wildman–Crippen MR) is 117 cm³/mol. The number of thiazole rings is 1. The Morgan fingerprint density at radius 2 is 1.90 bits per heavy atom. The van der Waals surface area contributed by atoms with Gasteiger partial charge in [-0.1, -0.05) is 42.6 Å². The number of nitrogens with one attached hydrogen (secondary N) is 2. The van der Waals surface area contributed by atoms with Crippen LogP contribution in [0.2, 0.25) is 5.02 Å². The second kappa shape index (κ2) is 11.1. The molecule has 1 aliphatic carbocycles. The van der Waals surface area contributed by atoms with Gasteiger partial charge < -0.3 is 15.5 Å². The maximum absolute atomic E-state index is 12.8. The summed E-state index contributed by atoms with van der Waals surface area (Å²) >= 11 is 7.56. The molecule has 1 aromatic carbocycles. The number of anilines is 1. The summed E-state index contributed by atoms with van der Waals surface area (Å²) in [6.45, 7) is 0.152. The lowest BCUT2D eigenvalue weighted by molar-refractivity contribution is -0.137. The third-order valence-electron chi connectivity index (χ3n) is 4.97. The number of hydrogen-bond donors (Lipinski definition) is 2. The molecular formula is C21H25ClN4O3S. The molecular weight excluding hydrogens is 424 g/mol. The minimum Gasteiger partial charge on any atom is -0.352 e. The summed E-state index contributed by atoms with van der Waals surface area (Å²) in [6, 6.07) is 7.41. The van der Waals surface area contributed by atoms with Gasteiger partial charge in [0, 0.05) is 42.0 Å². The molecule has 2 N–H and O–H groups in total. The van der Waals surface area contributed by atoms with Gasteiger partial charge in [0.2, 0.25) is 17.7 Å². The number of benzene rings is 1. The minimum absolute atomic E-state index is 0.00162. The van der Waals surface area contributed by atoms with Gasteiger partial charge in [0.1, 0.15) is 0 Å². The molecule has 0 saturated heterocycles. The van der Waals surface area contributed by atoms with Crippen LogP contribution in [0.25, 0.3) is 0 Å². The molecule has 3 rings (SSSR count). The highest BCUT2D eigenvalue weighted by atomic mass is 35.5. The fourth-order valence-corrected chi connectivity index (χ4v) is 4.17. The van der Waals surface area contributed by atoms with Gasteiger partial charge in [-0.2, -0.15) is 0 Å². The highest BCUT2D eigenvalue weighted by Crippen LogP contribution is 2.19. The van der Waals surface area contributed by atoms with Crippen molar-refractivity contribution in [2.75, 3.05) is 11.9 Å². The van der Waals surface area contributed by atoms with E-state index >= 15 is 0 Å². The molecule has 2 aromatic rings. The summed E-state index contributed by atoms with van der Waals surface area (Å²) in [7, 11) is 0. The van der Waals surface area contributed by atoms with Gasteiger partial charge in [0.25, 0.3) is 0 Å². The Bertz CT molecular complexity index is 869. The number of amides is 3. The fourth-order valence-electron chi connectivity index (χ4n) is 3.43. The number of rotatable bonds is 9. The monoisotopic (exact) mass is 448 g/mol. The number of nitrogens with zero attached hydrogens (tertiary/aromatic N) is 2. The zero-order valence-corrected chi connectivity index (χ0v) is 18.2. The van der Waals surface area contributed by atoms with E-state index in [9.17, 15) is 14.4 Å². The van der Waals surface area contributed by atoms with Crippen molar-refractivity contribution in [3.63, 3.8) is 0 Å². The van der Waals surface area contributed by atoms with Crippen molar-refractivity contribution >= 4 is 45.8 Å². The second-order valence-electron chi connectivity index (χ2n) is 7.28. The lowest BCUT2D eigenvalue weighted by Crippen LogP contribution is -2.43. The van der Waals surface area contributed by atoms with Gasteiger partial charge >= 0.3 is 0 Å². The molecule has 0 atom stereocenters. The van der Waals surface area contributed by atoms with Crippen molar-refractivity contribution in [3.8, 4) is 0 Å². The minimum atomic E-state index is -0.286. The third-order valence-corrected chi connectivity index (χ3v) is 6.03. The Balaban J connectivity index is 1.59. The normalized spacial score (nSPS) is 13.8. The Labute approximate surface area is 184 Å². The largest absolute Gasteiger partial charge is 0.352 e. The first-order chi connectivity index (χ1) is 14.5. The molecule has 1 saturated carbocycles. The zero-order valence-electron chi connectivity index (χ0n) is 16.6. The van der Waals surface area contributed by atoms with E-state index in [2.05, 4.69) is 15.6 Å². The first-order valence-electron chi connectivity index (χ1n) is 10.0. The Morgan fingerprint density at radius 3 is 2.60 bits per heavy atom. The summed E-state index contributed by atoms with van der Waals surface area (Å²) in [5.41, 5.74) is 0.758. The summed E-state index contributed by atoms with van der Waals surface area (Å²) in [5, 5.41) is 8.46. The molecule has 0 aliphatic heterocycles. The molecule has 9 heteroatoms. The zero-order chi connectivity index (χ0) is 21.3. The quantitative estimate of drug-likeness (QED) is 0.613. The molecule has 1 heterocycles. The van der Waals surface area contributed by atoms with Gasteiger partial charge in [0.05, 0.1) is 6.54 Å². The molecule has 3 amide bonds. The summed E-state index contributed by atoms with van der Waals surface area (Å²) in [6.07, 6.45) is 5.78. The summed E-state index contributed by atoms with van der Waals surface area (Å²) in [5.74, 6) is -0.744. The van der Waals surface area contributed by atoms with E-state index in [0.29, 0.717) is 10.2 Å². The van der Waals surface area contributed by atoms with Crippen LogP contribution in [0, 0.1) is 0 Å². The Morgan fingerprint density at radius 1 is 1.13 bits per heavy atom. The van der Waals surface area contributed by atoms with E-state index in [4.69, 9.17) is 11.6 Å². The lowest BCUT2D eigenvalue weighted by Gasteiger charge is -2.24. The molecule has 0 radical (unpaired) electrons. The molecule has 1 fully saturated rings. The summed E-state index contributed by atoms with van der Waals surface area (Å²) < 4.78 is 0. The van der Waals surface area contributed by atoms with Crippen LogP contribution in [0.1, 0.15) is 44.1 Å². The van der Waals surface area contributed by atoms with Crippen LogP contribution >= 0.6 is 22.9 Å². The standard InChI is InChI=1S/C21H25ClN4O3S/c22-17-8-4-1-5-15(17)13-26(14-19(28)24-16-6-2-3-7-16)20(29)10-9-18(27)25-21-23-11-12-30-21/h1,4-5,8,11-12,16H,2-3,6-7,9-10,13-14H2,(H,24,28)(H,23,25,27). The number of halogens is 1. The van der Waals surface area contributed by atoms with E-state index in [1.807, 2.05) is 18.2 Å². The van der Waals surface area contributed by atoms with Crippen molar-refractivity contribution in [2.24, 2.45) is 0 Å². The van der Waals surface area contributed by atoms with E-state index in [-0.39, 0.29) is 49.7 Å². The average Bonchev–Trinajstić information content (AvgIpc) is 3.41. The number of carbonyl (C=O) groups excluding carboxylic acids is 3. The van der Waals surface area contributed by atoms with E-state index in [0.717, 1.165) is 31.2 Å². The second-order valence-corrected chi connectivity index (χ2v) is 8.58. The van der Waals surface area contributed by atoms with Crippen LogP contribution < -0.4 is 10.6 Å². The molecule has 30 heavy (non-hydrogen) atoms. The molecule has 1 aromatic heterocycles. The molecule has 1 aliphatic rings. The lowest BCUT2D eigenvalue weighted by atomic mass is 10.2. The van der Waals surface area contributed by atoms with Crippen molar-refractivity contribution in [1.29, 1.82) is 0 Å². The van der Waals surface area contributed by atoms with E-state index < -0.39 is 0 Å². The molecule has 0 unspecified atom stereocenters. The van der Waals surface area contributed by atoms with Crippen molar-refractivity contribution in [3.05, 3.63) is 46.4 Å². The van der Waals surface area contributed by atoms with Crippen molar-refractivity contribution in [1.82, 2.24) is 15.2 Å². The van der Waals surface area contributed by atoms with Gasteiger partial charge in [0.15, 0.2) is 5.13 Å². The van der Waals surface area contributed by atoms with Gasteiger partial charge in [-0.15, -0.1) is 11.3 Å². The molecule has 0 spiro atoms. The Kier molecular flexibility index (Phi) is 8.21. The highest BCUT2D eigenvalue weighted by molar-refractivity contribution is 7.13. The van der Waals surface area contributed by atoms with Gasteiger partial charge in [-0.05, 0) is 24.5 Å². The maximum Gasteiger partial charge on any atom is 0.239 e. The van der Waals surface area contributed by atoms with Crippen LogP contribution in [0.15, 0.2) is 35.8 Å². The van der Waals surface area contributed by atoms with Crippen LogP contribution in [-0.2, 0) is 20.9 Å². The van der Waals surface area contributed by atoms with Crippen molar-refractivity contribution < 1.29 is 14.4 Å². The Hall–Kier alpha value is -2.45. The topological polar surface area (TPSA) is 91.4 Å². The SMILES string of the molecule is O=C(CCC(=O)N(CC(=O)NC1CCCC1)Cc1ccccc1Cl)Nc1nccs1. The molecule has 0 bridgehead atoms. The fraction of sp³-hybridized carbons (Fsp3) is 0.429. The number of hydrogen-bond acceptors (Lipinski definition) is 5. The average molecular weight is 449 g/mol.